The smallest absolute Gasteiger partial charge is 0.341 e. The van der Waals surface area contributed by atoms with Crippen LogP contribution in [0.3, 0.4) is 0 Å². The minimum atomic E-state index is -0.432. The van der Waals surface area contributed by atoms with Crippen molar-refractivity contribution in [3.63, 3.8) is 0 Å². The van der Waals surface area contributed by atoms with E-state index >= 15 is 0 Å². The number of benzene rings is 1. The van der Waals surface area contributed by atoms with Crippen LogP contribution in [0.15, 0.2) is 30.5 Å². The molecule has 0 spiro atoms. The predicted octanol–water partition coefficient (Wildman–Crippen LogP) is 2.77. The number of phenolic OH excluding ortho intramolecular Hbond substituents is 1. The fraction of sp³-hybridized carbons (Fsp3) is 0.278. The van der Waals surface area contributed by atoms with E-state index in [9.17, 15) is 9.90 Å². The first-order valence-electron chi connectivity index (χ1n) is 8.02. The highest BCUT2D eigenvalue weighted by Gasteiger charge is 2.20. The standard InChI is InChI=1S/C18H20N4O3/c1-4-25-18(24)14-10-20-17-15(11(2)21-22(17)3)16(14)19-9-12-6-5-7-13(23)8-12/h5-8,10,23H,4,9H2,1-3H3,(H,19,20). The fourth-order valence-corrected chi connectivity index (χ4v) is 2.82. The number of rotatable bonds is 5. The lowest BCUT2D eigenvalue weighted by atomic mass is 10.1. The van der Waals surface area contributed by atoms with Crippen molar-refractivity contribution in [2.45, 2.75) is 20.4 Å². The Kier molecular flexibility index (Phi) is 4.56. The van der Waals surface area contributed by atoms with E-state index < -0.39 is 5.97 Å². The first kappa shape index (κ1) is 16.8. The number of phenols is 1. The van der Waals surface area contributed by atoms with Crippen molar-refractivity contribution in [1.29, 1.82) is 0 Å². The Hall–Kier alpha value is -3.09. The Morgan fingerprint density at radius 1 is 1.40 bits per heavy atom. The summed E-state index contributed by atoms with van der Waals surface area (Å²) in [5.74, 6) is -0.235. The van der Waals surface area contributed by atoms with E-state index in [1.165, 1.54) is 6.20 Å². The van der Waals surface area contributed by atoms with Crippen LogP contribution in [0.25, 0.3) is 11.0 Å². The van der Waals surface area contributed by atoms with E-state index in [0.717, 1.165) is 16.6 Å². The average Bonchev–Trinajstić information content (AvgIpc) is 2.87. The largest absolute Gasteiger partial charge is 0.508 e. The molecule has 1 aromatic carbocycles. The second kappa shape index (κ2) is 6.80. The van der Waals surface area contributed by atoms with E-state index in [4.69, 9.17) is 4.74 Å². The lowest BCUT2D eigenvalue weighted by Crippen LogP contribution is -2.11. The summed E-state index contributed by atoms with van der Waals surface area (Å²) >= 11 is 0. The molecular formula is C18H20N4O3. The Labute approximate surface area is 145 Å². The van der Waals surface area contributed by atoms with Crippen LogP contribution < -0.4 is 5.32 Å². The summed E-state index contributed by atoms with van der Waals surface area (Å²) in [5.41, 5.74) is 3.35. The van der Waals surface area contributed by atoms with Crippen LogP contribution in [-0.4, -0.2) is 32.4 Å². The number of nitrogens with one attached hydrogen (secondary N) is 1. The van der Waals surface area contributed by atoms with Gasteiger partial charge in [-0.1, -0.05) is 12.1 Å². The molecule has 0 aliphatic rings. The molecule has 0 aliphatic heterocycles. The number of ether oxygens (including phenoxy) is 1. The summed E-state index contributed by atoms with van der Waals surface area (Å²) < 4.78 is 6.83. The molecule has 2 aromatic heterocycles. The first-order valence-corrected chi connectivity index (χ1v) is 8.02. The second-order valence-electron chi connectivity index (χ2n) is 5.70. The monoisotopic (exact) mass is 340 g/mol. The van der Waals surface area contributed by atoms with Crippen molar-refractivity contribution in [3.8, 4) is 5.75 Å². The molecule has 0 amide bonds. The molecule has 3 aromatic rings. The maximum absolute atomic E-state index is 12.3. The summed E-state index contributed by atoms with van der Waals surface area (Å²) in [7, 11) is 1.81. The van der Waals surface area contributed by atoms with E-state index in [0.29, 0.717) is 23.4 Å². The van der Waals surface area contributed by atoms with Gasteiger partial charge >= 0.3 is 5.97 Å². The van der Waals surface area contributed by atoms with Gasteiger partial charge in [0.2, 0.25) is 0 Å². The molecule has 7 nitrogen and oxygen atoms in total. The van der Waals surface area contributed by atoms with Crippen molar-refractivity contribution in [2.24, 2.45) is 7.05 Å². The molecule has 0 unspecified atom stereocenters. The quantitative estimate of drug-likeness (QED) is 0.694. The van der Waals surface area contributed by atoms with Gasteiger partial charge in [0.15, 0.2) is 5.65 Å². The molecular weight excluding hydrogens is 320 g/mol. The van der Waals surface area contributed by atoms with Crippen LogP contribution >= 0.6 is 0 Å². The van der Waals surface area contributed by atoms with E-state index in [-0.39, 0.29) is 12.4 Å². The Bertz CT molecular complexity index is 933. The number of esters is 1. The summed E-state index contributed by atoms with van der Waals surface area (Å²) in [6, 6.07) is 6.95. The molecule has 3 rings (SSSR count). The van der Waals surface area contributed by atoms with Gasteiger partial charge in [0, 0.05) is 19.8 Å². The van der Waals surface area contributed by atoms with Crippen molar-refractivity contribution in [2.75, 3.05) is 11.9 Å². The zero-order valence-electron chi connectivity index (χ0n) is 14.4. The number of carbonyl (C=O) groups is 1. The van der Waals surface area contributed by atoms with Crippen LogP contribution in [-0.2, 0) is 18.3 Å². The Balaban J connectivity index is 2.05. The number of nitrogens with zero attached hydrogens (tertiary/aromatic N) is 3. The molecule has 25 heavy (non-hydrogen) atoms. The highest BCUT2D eigenvalue weighted by Crippen LogP contribution is 2.29. The Morgan fingerprint density at radius 3 is 2.92 bits per heavy atom. The van der Waals surface area contributed by atoms with Crippen molar-refractivity contribution >= 4 is 22.7 Å². The number of anilines is 1. The van der Waals surface area contributed by atoms with Crippen LogP contribution in [0.1, 0.15) is 28.5 Å². The zero-order chi connectivity index (χ0) is 18.0. The van der Waals surface area contributed by atoms with Gasteiger partial charge in [-0.05, 0) is 31.5 Å². The number of hydrogen-bond acceptors (Lipinski definition) is 6. The lowest BCUT2D eigenvalue weighted by Gasteiger charge is -2.13. The third kappa shape index (κ3) is 3.26. The zero-order valence-corrected chi connectivity index (χ0v) is 14.4. The molecule has 2 heterocycles. The molecule has 0 radical (unpaired) electrons. The topological polar surface area (TPSA) is 89.3 Å². The van der Waals surface area contributed by atoms with Gasteiger partial charge in [-0.15, -0.1) is 0 Å². The highest BCUT2D eigenvalue weighted by atomic mass is 16.5. The Morgan fingerprint density at radius 2 is 2.20 bits per heavy atom. The number of carbonyl (C=O) groups excluding carboxylic acids is 1. The van der Waals surface area contributed by atoms with Crippen molar-refractivity contribution < 1.29 is 14.6 Å². The fourth-order valence-electron chi connectivity index (χ4n) is 2.82. The number of pyridine rings is 1. The lowest BCUT2D eigenvalue weighted by molar-refractivity contribution is 0.0527. The molecule has 0 atom stereocenters. The molecule has 0 saturated carbocycles. The molecule has 2 N–H and O–H groups in total. The van der Waals surface area contributed by atoms with Crippen molar-refractivity contribution in [1.82, 2.24) is 14.8 Å². The van der Waals surface area contributed by atoms with Crippen LogP contribution in [0.5, 0.6) is 5.75 Å². The van der Waals surface area contributed by atoms with Gasteiger partial charge < -0.3 is 15.2 Å². The molecule has 0 aliphatic carbocycles. The number of hydrogen-bond donors (Lipinski definition) is 2. The number of fused-ring (bicyclic) bond motifs is 1. The number of aromatic nitrogens is 3. The maximum atomic E-state index is 12.3. The highest BCUT2D eigenvalue weighted by molar-refractivity contribution is 6.05. The van der Waals surface area contributed by atoms with Gasteiger partial charge in [0.05, 0.1) is 23.4 Å². The van der Waals surface area contributed by atoms with E-state index in [2.05, 4.69) is 15.4 Å². The summed E-state index contributed by atoms with van der Waals surface area (Å²) in [4.78, 5) is 16.7. The normalized spacial score (nSPS) is 10.8. The molecule has 0 bridgehead atoms. The third-order valence-corrected chi connectivity index (χ3v) is 3.90. The third-order valence-electron chi connectivity index (χ3n) is 3.90. The summed E-state index contributed by atoms with van der Waals surface area (Å²) in [6.45, 7) is 4.36. The van der Waals surface area contributed by atoms with Gasteiger partial charge in [0.1, 0.15) is 11.3 Å². The van der Waals surface area contributed by atoms with Gasteiger partial charge in [-0.25, -0.2) is 9.78 Å². The molecule has 0 saturated heterocycles. The van der Waals surface area contributed by atoms with E-state index in [1.807, 2.05) is 20.0 Å². The number of aromatic hydroxyl groups is 1. The SMILES string of the molecule is CCOC(=O)c1cnc2c(c(C)nn2C)c1NCc1cccc(O)c1. The van der Waals surface area contributed by atoms with Crippen LogP contribution in [0, 0.1) is 6.92 Å². The minimum absolute atomic E-state index is 0.197. The summed E-state index contributed by atoms with van der Waals surface area (Å²) in [6.07, 6.45) is 1.51. The van der Waals surface area contributed by atoms with Crippen LogP contribution in [0.4, 0.5) is 5.69 Å². The average molecular weight is 340 g/mol. The molecule has 130 valence electrons. The van der Waals surface area contributed by atoms with Crippen LogP contribution in [0.2, 0.25) is 0 Å². The summed E-state index contributed by atoms with van der Waals surface area (Å²) in [5, 5.41) is 18.1. The second-order valence-corrected chi connectivity index (χ2v) is 5.70. The molecule has 0 fully saturated rings. The molecule has 7 heteroatoms. The first-order chi connectivity index (χ1) is 12.0. The van der Waals surface area contributed by atoms with Gasteiger partial charge in [-0.3, -0.25) is 4.68 Å². The minimum Gasteiger partial charge on any atom is -0.508 e. The van der Waals surface area contributed by atoms with E-state index in [1.54, 1.807) is 29.8 Å². The predicted molar refractivity (Wildman–Crippen MR) is 94.6 cm³/mol. The van der Waals surface area contributed by atoms with Gasteiger partial charge in [0.25, 0.3) is 0 Å². The number of aryl methyl sites for hydroxylation is 2. The maximum Gasteiger partial charge on any atom is 0.341 e. The van der Waals surface area contributed by atoms with Crippen molar-refractivity contribution in [3.05, 3.63) is 47.3 Å². The van der Waals surface area contributed by atoms with Gasteiger partial charge in [-0.2, -0.15) is 5.10 Å².